The first-order valence-electron chi connectivity index (χ1n) is 7.04. The molecule has 1 heterocycles. The lowest BCUT2D eigenvalue weighted by atomic mass is 10.1. The van der Waals surface area contributed by atoms with Crippen LogP contribution in [-0.4, -0.2) is 17.1 Å². The van der Waals surface area contributed by atoms with Crippen LogP contribution in [0.2, 0.25) is 0 Å². The molecule has 2 amide bonds. The molecule has 2 aromatic rings. The van der Waals surface area contributed by atoms with E-state index in [9.17, 15) is 9.59 Å². The number of nitrogens with one attached hydrogen (secondary N) is 3. The molecule has 112 valence electrons. The molecule has 0 aliphatic carbocycles. The van der Waals surface area contributed by atoms with Gasteiger partial charge < -0.3 is 15.6 Å². The van der Waals surface area contributed by atoms with Gasteiger partial charge in [-0.25, -0.2) is 4.79 Å². The SMILES string of the molecule is Cc1cc2cc(CNC(=O)NC(C)C)c(=O)[nH]c2cc1C. The molecule has 0 bridgehead atoms. The van der Waals surface area contributed by atoms with Gasteiger partial charge in [0.2, 0.25) is 0 Å². The first-order valence-corrected chi connectivity index (χ1v) is 7.04. The highest BCUT2D eigenvalue weighted by Gasteiger charge is 2.07. The number of urea groups is 1. The molecule has 0 aliphatic heterocycles. The quantitative estimate of drug-likeness (QED) is 0.810. The zero-order valence-corrected chi connectivity index (χ0v) is 12.8. The number of pyridine rings is 1. The van der Waals surface area contributed by atoms with Gasteiger partial charge in [-0.3, -0.25) is 4.79 Å². The number of benzene rings is 1. The summed E-state index contributed by atoms with van der Waals surface area (Å²) in [5.74, 6) is 0. The average molecular weight is 287 g/mol. The van der Waals surface area contributed by atoms with Gasteiger partial charge in [-0.2, -0.15) is 0 Å². The van der Waals surface area contributed by atoms with Crippen LogP contribution in [0.4, 0.5) is 4.79 Å². The standard InChI is InChI=1S/C16H21N3O2/c1-9(2)18-16(21)17-8-13-7-12-5-10(3)11(4)6-14(12)19-15(13)20/h5-7,9H,8H2,1-4H3,(H,19,20)(H2,17,18,21). The summed E-state index contributed by atoms with van der Waals surface area (Å²) >= 11 is 0. The highest BCUT2D eigenvalue weighted by atomic mass is 16.2. The molecule has 0 radical (unpaired) electrons. The minimum atomic E-state index is -0.274. The largest absolute Gasteiger partial charge is 0.336 e. The van der Waals surface area contributed by atoms with Gasteiger partial charge in [0.1, 0.15) is 0 Å². The maximum Gasteiger partial charge on any atom is 0.315 e. The van der Waals surface area contributed by atoms with Crippen LogP contribution in [0.1, 0.15) is 30.5 Å². The molecule has 0 saturated heterocycles. The molecule has 5 nitrogen and oxygen atoms in total. The maximum absolute atomic E-state index is 12.0. The lowest BCUT2D eigenvalue weighted by molar-refractivity contribution is 0.238. The molecule has 0 aliphatic rings. The van der Waals surface area contributed by atoms with Crippen molar-refractivity contribution < 1.29 is 4.79 Å². The highest BCUT2D eigenvalue weighted by molar-refractivity contribution is 5.81. The topological polar surface area (TPSA) is 74.0 Å². The van der Waals surface area contributed by atoms with E-state index in [1.165, 1.54) is 5.56 Å². The third kappa shape index (κ3) is 3.62. The van der Waals surface area contributed by atoms with E-state index in [2.05, 4.69) is 15.6 Å². The third-order valence-corrected chi connectivity index (χ3v) is 3.39. The number of H-pyrrole nitrogens is 1. The van der Waals surface area contributed by atoms with E-state index in [-0.39, 0.29) is 24.2 Å². The van der Waals surface area contributed by atoms with Crippen molar-refractivity contribution in [3.05, 3.63) is 45.2 Å². The molecular formula is C16H21N3O2. The number of amides is 2. The molecular weight excluding hydrogens is 266 g/mol. The minimum Gasteiger partial charge on any atom is -0.336 e. The van der Waals surface area contributed by atoms with Crippen molar-refractivity contribution in [2.24, 2.45) is 0 Å². The molecule has 1 aromatic heterocycles. The zero-order chi connectivity index (χ0) is 15.6. The highest BCUT2D eigenvalue weighted by Crippen LogP contribution is 2.17. The Morgan fingerprint density at radius 1 is 1.19 bits per heavy atom. The lowest BCUT2D eigenvalue weighted by Gasteiger charge is -2.10. The minimum absolute atomic E-state index is 0.0607. The Kier molecular flexibility index (Phi) is 4.31. The van der Waals surface area contributed by atoms with E-state index in [1.54, 1.807) is 0 Å². The smallest absolute Gasteiger partial charge is 0.315 e. The van der Waals surface area contributed by atoms with Crippen LogP contribution in [0.15, 0.2) is 23.0 Å². The second-order valence-corrected chi connectivity index (χ2v) is 5.63. The van der Waals surface area contributed by atoms with Crippen molar-refractivity contribution in [3.63, 3.8) is 0 Å². The molecule has 0 unspecified atom stereocenters. The number of fused-ring (bicyclic) bond motifs is 1. The van der Waals surface area contributed by atoms with Crippen molar-refractivity contribution in [3.8, 4) is 0 Å². The number of carbonyl (C=O) groups is 1. The third-order valence-electron chi connectivity index (χ3n) is 3.39. The summed E-state index contributed by atoms with van der Waals surface area (Å²) < 4.78 is 0. The van der Waals surface area contributed by atoms with Crippen LogP contribution < -0.4 is 16.2 Å². The molecule has 0 fully saturated rings. The summed E-state index contributed by atoms with van der Waals surface area (Å²) in [6.07, 6.45) is 0. The number of hydrogen-bond acceptors (Lipinski definition) is 2. The van der Waals surface area contributed by atoms with E-state index in [0.29, 0.717) is 5.56 Å². The Bertz CT molecular complexity index is 732. The number of aromatic amines is 1. The first kappa shape index (κ1) is 15.1. The van der Waals surface area contributed by atoms with Gasteiger partial charge in [-0.1, -0.05) is 0 Å². The Hall–Kier alpha value is -2.30. The molecule has 1 aromatic carbocycles. The predicted molar refractivity (Wildman–Crippen MR) is 84.6 cm³/mol. The Morgan fingerprint density at radius 2 is 1.86 bits per heavy atom. The van der Waals surface area contributed by atoms with Crippen LogP contribution in [0, 0.1) is 13.8 Å². The van der Waals surface area contributed by atoms with Gasteiger partial charge in [0, 0.05) is 23.7 Å². The summed E-state index contributed by atoms with van der Waals surface area (Å²) in [5, 5.41) is 6.39. The van der Waals surface area contributed by atoms with E-state index >= 15 is 0 Å². The number of carbonyl (C=O) groups excluding carboxylic acids is 1. The summed E-state index contributed by atoms with van der Waals surface area (Å²) in [4.78, 5) is 26.5. The van der Waals surface area contributed by atoms with Gasteiger partial charge in [-0.05, 0) is 62.4 Å². The number of aromatic nitrogens is 1. The predicted octanol–water partition coefficient (Wildman–Crippen LogP) is 2.35. The van der Waals surface area contributed by atoms with E-state index in [4.69, 9.17) is 0 Å². The van der Waals surface area contributed by atoms with Gasteiger partial charge in [0.25, 0.3) is 5.56 Å². The fourth-order valence-corrected chi connectivity index (χ4v) is 2.14. The fraction of sp³-hybridized carbons (Fsp3) is 0.375. The van der Waals surface area contributed by atoms with Crippen LogP contribution in [0.5, 0.6) is 0 Å². The Balaban J connectivity index is 2.24. The summed E-state index contributed by atoms with van der Waals surface area (Å²) in [6, 6.07) is 5.62. The number of rotatable bonds is 3. The van der Waals surface area contributed by atoms with Crippen LogP contribution in [-0.2, 0) is 6.54 Å². The molecule has 0 spiro atoms. The first-order chi connectivity index (χ1) is 9.86. The fourth-order valence-electron chi connectivity index (χ4n) is 2.14. The van der Waals surface area contributed by atoms with Crippen molar-refractivity contribution >= 4 is 16.9 Å². The van der Waals surface area contributed by atoms with E-state index in [0.717, 1.165) is 16.5 Å². The van der Waals surface area contributed by atoms with Crippen molar-refractivity contribution in [1.82, 2.24) is 15.6 Å². The molecule has 5 heteroatoms. The van der Waals surface area contributed by atoms with Crippen LogP contribution in [0.3, 0.4) is 0 Å². The molecule has 0 atom stereocenters. The van der Waals surface area contributed by atoms with Crippen molar-refractivity contribution in [2.45, 2.75) is 40.3 Å². The van der Waals surface area contributed by atoms with Crippen LogP contribution >= 0.6 is 0 Å². The van der Waals surface area contributed by atoms with Gasteiger partial charge in [0.05, 0.1) is 0 Å². The molecule has 2 rings (SSSR count). The van der Waals surface area contributed by atoms with Crippen molar-refractivity contribution in [2.75, 3.05) is 0 Å². The lowest BCUT2D eigenvalue weighted by Crippen LogP contribution is -2.39. The average Bonchev–Trinajstić information content (AvgIpc) is 2.38. The monoisotopic (exact) mass is 287 g/mol. The zero-order valence-electron chi connectivity index (χ0n) is 12.8. The summed E-state index contributed by atoms with van der Waals surface area (Å²) in [6.45, 7) is 8.02. The normalized spacial score (nSPS) is 10.9. The second kappa shape index (κ2) is 5.99. The van der Waals surface area contributed by atoms with Crippen molar-refractivity contribution in [1.29, 1.82) is 0 Å². The number of hydrogen-bond donors (Lipinski definition) is 3. The maximum atomic E-state index is 12.0. The molecule has 3 N–H and O–H groups in total. The summed E-state index contributed by atoms with van der Waals surface area (Å²) in [7, 11) is 0. The van der Waals surface area contributed by atoms with E-state index < -0.39 is 0 Å². The Labute approximate surface area is 123 Å². The molecule has 0 saturated carbocycles. The summed E-state index contributed by atoms with van der Waals surface area (Å²) in [5.41, 5.74) is 3.50. The molecule has 21 heavy (non-hydrogen) atoms. The van der Waals surface area contributed by atoms with Gasteiger partial charge in [-0.15, -0.1) is 0 Å². The van der Waals surface area contributed by atoms with E-state index in [1.807, 2.05) is 45.9 Å². The number of aryl methyl sites for hydroxylation is 2. The van der Waals surface area contributed by atoms with Gasteiger partial charge in [0.15, 0.2) is 0 Å². The second-order valence-electron chi connectivity index (χ2n) is 5.63. The van der Waals surface area contributed by atoms with Gasteiger partial charge >= 0.3 is 6.03 Å². The van der Waals surface area contributed by atoms with Crippen LogP contribution in [0.25, 0.3) is 10.9 Å². The Morgan fingerprint density at radius 3 is 2.52 bits per heavy atom.